The number of nitro groups is 1. The lowest BCUT2D eigenvalue weighted by Crippen LogP contribution is -2.29. The zero-order chi connectivity index (χ0) is 20.7. The van der Waals surface area contributed by atoms with Gasteiger partial charge in [0.15, 0.2) is 0 Å². The molecule has 1 N–H and O–H groups in total. The lowest BCUT2D eigenvalue weighted by Gasteiger charge is -2.15. The van der Waals surface area contributed by atoms with Crippen molar-refractivity contribution in [2.45, 2.75) is 33.1 Å². The minimum absolute atomic E-state index is 0.112. The van der Waals surface area contributed by atoms with E-state index < -0.39 is 10.8 Å². The highest BCUT2D eigenvalue weighted by atomic mass is 16.6. The van der Waals surface area contributed by atoms with E-state index in [1.165, 1.54) is 22.9 Å². The monoisotopic (exact) mass is 394 g/mol. The SMILES string of the molecule is Cc1cc(NC(=O)c2ccc(C)c([N+](=O)[O-])c2)n(C2=NC(=O)C3CCCC3=N2)n1. The number of hydrogen-bond acceptors (Lipinski definition) is 6. The average molecular weight is 394 g/mol. The molecule has 2 aliphatic rings. The molecule has 1 aliphatic carbocycles. The number of aryl methyl sites for hydroxylation is 2. The third-order valence-electron chi connectivity index (χ3n) is 5.01. The molecule has 1 aliphatic heterocycles. The van der Waals surface area contributed by atoms with Crippen LogP contribution in [0.4, 0.5) is 11.5 Å². The molecule has 0 bridgehead atoms. The molecule has 0 spiro atoms. The number of nitrogens with one attached hydrogen (secondary N) is 1. The van der Waals surface area contributed by atoms with Crippen molar-refractivity contribution < 1.29 is 14.5 Å². The first-order valence-corrected chi connectivity index (χ1v) is 9.17. The molecule has 1 saturated carbocycles. The summed E-state index contributed by atoms with van der Waals surface area (Å²) in [7, 11) is 0. The molecule has 1 fully saturated rings. The van der Waals surface area contributed by atoms with Gasteiger partial charge in [-0.05, 0) is 39.2 Å². The maximum atomic E-state index is 12.7. The van der Waals surface area contributed by atoms with Gasteiger partial charge in [-0.1, -0.05) is 6.07 Å². The number of benzene rings is 1. The topological polar surface area (TPSA) is 132 Å². The summed E-state index contributed by atoms with van der Waals surface area (Å²) in [6.45, 7) is 3.34. The van der Waals surface area contributed by atoms with Crippen molar-refractivity contribution in [3.05, 3.63) is 51.2 Å². The van der Waals surface area contributed by atoms with Crippen molar-refractivity contribution in [3.8, 4) is 0 Å². The van der Waals surface area contributed by atoms with Crippen molar-refractivity contribution >= 4 is 35.0 Å². The molecule has 1 unspecified atom stereocenters. The van der Waals surface area contributed by atoms with Gasteiger partial charge in [0.2, 0.25) is 0 Å². The number of nitrogens with zero attached hydrogens (tertiary/aromatic N) is 5. The van der Waals surface area contributed by atoms with Crippen molar-refractivity contribution in [1.82, 2.24) is 9.78 Å². The van der Waals surface area contributed by atoms with E-state index in [-0.39, 0.29) is 34.9 Å². The van der Waals surface area contributed by atoms with Crippen LogP contribution in [0.2, 0.25) is 0 Å². The largest absolute Gasteiger partial charge is 0.306 e. The van der Waals surface area contributed by atoms with E-state index in [0.29, 0.717) is 11.3 Å². The van der Waals surface area contributed by atoms with E-state index >= 15 is 0 Å². The molecule has 2 heterocycles. The highest BCUT2D eigenvalue weighted by Crippen LogP contribution is 2.27. The van der Waals surface area contributed by atoms with Crippen LogP contribution in [0, 0.1) is 29.9 Å². The van der Waals surface area contributed by atoms with Gasteiger partial charge in [0, 0.05) is 29.0 Å². The van der Waals surface area contributed by atoms with E-state index in [9.17, 15) is 19.7 Å². The van der Waals surface area contributed by atoms with Crippen LogP contribution in [-0.4, -0.2) is 38.2 Å². The molecule has 1 atom stereocenters. The summed E-state index contributed by atoms with van der Waals surface area (Å²) in [5, 5.41) is 18.1. The van der Waals surface area contributed by atoms with Gasteiger partial charge in [-0.15, -0.1) is 0 Å². The van der Waals surface area contributed by atoms with Crippen LogP contribution < -0.4 is 5.32 Å². The number of anilines is 1. The Morgan fingerprint density at radius 1 is 1.28 bits per heavy atom. The number of hydrogen-bond donors (Lipinski definition) is 1. The van der Waals surface area contributed by atoms with E-state index in [0.717, 1.165) is 25.0 Å². The summed E-state index contributed by atoms with van der Waals surface area (Å²) >= 11 is 0. The van der Waals surface area contributed by atoms with E-state index in [1.807, 2.05) is 0 Å². The number of aliphatic imine (C=N–C) groups is 2. The van der Waals surface area contributed by atoms with Crippen LogP contribution >= 0.6 is 0 Å². The molecule has 0 radical (unpaired) electrons. The molecular formula is C19H18N6O4. The average Bonchev–Trinajstić information content (AvgIpc) is 3.28. The second-order valence-electron chi connectivity index (χ2n) is 7.09. The lowest BCUT2D eigenvalue weighted by molar-refractivity contribution is -0.385. The third kappa shape index (κ3) is 3.44. The zero-order valence-corrected chi connectivity index (χ0v) is 15.9. The standard InChI is InChI=1S/C19H18N6O4/c1-10-6-7-12(9-15(10)25(28)29)17(26)21-16-8-11(2)23-24(16)19-20-14-5-3-4-13(14)18(27)22-19/h6-9,13H,3-5H2,1-2H3,(H,21,26). The Morgan fingerprint density at radius 2 is 2.07 bits per heavy atom. The molecule has 2 amide bonds. The summed E-state index contributed by atoms with van der Waals surface area (Å²) < 4.78 is 1.31. The first-order chi connectivity index (χ1) is 13.8. The molecular weight excluding hydrogens is 376 g/mol. The highest BCUT2D eigenvalue weighted by molar-refractivity contribution is 6.17. The fraction of sp³-hybridized carbons (Fsp3) is 0.316. The van der Waals surface area contributed by atoms with Gasteiger partial charge in [-0.3, -0.25) is 19.7 Å². The Bertz CT molecular complexity index is 1110. The second-order valence-corrected chi connectivity index (χ2v) is 7.09. The second kappa shape index (κ2) is 7.04. The van der Waals surface area contributed by atoms with Crippen LogP contribution in [0.25, 0.3) is 0 Å². The van der Waals surface area contributed by atoms with Crippen LogP contribution in [0.1, 0.15) is 40.9 Å². The predicted molar refractivity (Wildman–Crippen MR) is 105 cm³/mol. The summed E-state index contributed by atoms with van der Waals surface area (Å²) in [4.78, 5) is 44.1. The van der Waals surface area contributed by atoms with Gasteiger partial charge in [0.05, 0.1) is 16.5 Å². The molecule has 1 aromatic carbocycles. The Morgan fingerprint density at radius 3 is 2.83 bits per heavy atom. The van der Waals surface area contributed by atoms with Gasteiger partial charge in [-0.2, -0.15) is 14.8 Å². The van der Waals surface area contributed by atoms with Crippen LogP contribution in [0.5, 0.6) is 0 Å². The highest BCUT2D eigenvalue weighted by Gasteiger charge is 2.33. The van der Waals surface area contributed by atoms with Gasteiger partial charge < -0.3 is 5.32 Å². The summed E-state index contributed by atoms with van der Waals surface area (Å²) in [6, 6.07) is 5.87. The molecule has 10 heteroatoms. The summed E-state index contributed by atoms with van der Waals surface area (Å²) in [5.74, 6) is -0.642. The van der Waals surface area contributed by atoms with E-state index in [2.05, 4.69) is 20.4 Å². The predicted octanol–water partition coefficient (Wildman–Crippen LogP) is 2.65. The first-order valence-electron chi connectivity index (χ1n) is 9.17. The van der Waals surface area contributed by atoms with Gasteiger partial charge in [0.25, 0.3) is 23.5 Å². The number of nitro benzene ring substituents is 1. The summed E-state index contributed by atoms with van der Waals surface area (Å²) in [5.41, 5.74) is 1.85. The van der Waals surface area contributed by atoms with Crippen molar-refractivity contribution in [2.75, 3.05) is 5.32 Å². The van der Waals surface area contributed by atoms with E-state index in [4.69, 9.17) is 0 Å². The Kier molecular flexibility index (Phi) is 4.53. The van der Waals surface area contributed by atoms with Gasteiger partial charge >= 0.3 is 0 Å². The number of amides is 2. The lowest BCUT2D eigenvalue weighted by atomic mass is 10.1. The minimum atomic E-state index is -0.539. The smallest absolute Gasteiger partial charge is 0.273 e. The first kappa shape index (κ1) is 18.7. The van der Waals surface area contributed by atoms with Crippen molar-refractivity contribution in [3.63, 3.8) is 0 Å². The third-order valence-corrected chi connectivity index (χ3v) is 5.01. The van der Waals surface area contributed by atoms with E-state index in [1.54, 1.807) is 19.9 Å². The number of aromatic nitrogens is 2. The Labute approximate surface area is 165 Å². The van der Waals surface area contributed by atoms with Gasteiger partial charge in [0.1, 0.15) is 5.82 Å². The van der Waals surface area contributed by atoms with Gasteiger partial charge in [-0.25, -0.2) is 4.99 Å². The molecule has 4 rings (SSSR count). The normalized spacial score (nSPS) is 18.1. The molecule has 1 aromatic heterocycles. The molecule has 0 saturated heterocycles. The molecule has 10 nitrogen and oxygen atoms in total. The van der Waals surface area contributed by atoms with Crippen LogP contribution in [0.3, 0.4) is 0 Å². The number of rotatable bonds is 3. The number of fused-ring (bicyclic) bond motifs is 1. The number of carbonyl (C=O) groups excluding carboxylic acids is 2. The minimum Gasteiger partial charge on any atom is -0.306 e. The molecule has 29 heavy (non-hydrogen) atoms. The fourth-order valence-electron chi connectivity index (χ4n) is 3.53. The molecule has 2 aromatic rings. The van der Waals surface area contributed by atoms with Crippen molar-refractivity contribution in [1.29, 1.82) is 0 Å². The maximum Gasteiger partial charge on any atom is 0.273 e. The number of carbonyl (C=O) groups is 2. The maximum absolute atomic E-state index is 12.7. The fourth-order valence-corrected chi connectivity index (χ4v) is 3.53. The Hall–Kier alpha value is -3.69. The quantitative estimate of drug-likeness (QED) is 0.631. The van der Waals surface area contributed by atoms with Crippen LogP contribution in [-0.2, 0) is 4.79 Å². The zero-order valence-electron chi connectivity index (χ0n) is 15.9. The molecule has 148 valence electrons. The van der Waals surface area contributed by atoms with Crippen LogP contribution in [0.15, 0.2) is 34.3 Å². The Balaban J connectivity index is 1.65. The summed E-state index contributed by atoms with van der Waals surface area (Å²) in [6.07, 6.45) is 2.39. The van der Waals surface area contributed by atoms with Crippen molar-refractivity contribution in [2.24, 2.45) is 15.9 Å².